The number of rotatable bonds is 6. The first kappa shape index (κ1) is 19.2. The molecule has 2 N–H and O–H groups in total. The van der Waals surface area contributed by atoms with Crippen LogP contribution in [0.5, 0.6) is 0 Å². The molecule has 2 rings (SSSR count). The summed E-state index contributed by atoms with van der Waals surface area (Å²) in [5, 5.41) is 6.01. The highest BCUT2D eigenvalue weighted by Crippen LogP contribution is 2.31. The summed E-state index contributed by atoms with van der Waals surface area (Å²) in [4.78, 5) is 26.3. The summed E-state index contributed by atoms with van der Waals surface area (Å²) in [6.45, 7) is 4.49. The first-order chi connectivity index (χ1) is 10.1. The van der Waals surface area contributed by atoms with Crippen molar-refractivity contribution < 1.29 is 9.59 Å². The van der Waals surface area contributed by atoms with Gasteiger partial charge in [-0.3, -0.25) is 9.59 Å². The van der Waals surface area contributed by atoms with Crippen molar-refractivity contribution in [2.45, 2.75) is 51.5 Å². The van der Waals surface area contributed by atoms with E-state index in [2.05, 4.69) is 17.6 Å². The summed E-state index contributed by atoms with van der Waals surface area (Å²) in [6, 6.07) is 0.371. The molecular weight excluding hydrogens is 302 g/mol. The van der Waals surface area contributed by atoms with Crippen LogP contribution < -0.4 is 10.6 Å². The Labute approximate surface area is 140 Å². The van der Waals surface area contributed by atoms with Crippen LogP contribution in [0.4, 0.5) is 0 Å². The maximum Gasteiger partial charge on any atom is 0.225 e. The van der Waals surface area contributed by atoms with Crippen LogP contribution in [0.2, 0.25) is 0 Å². The predicted molar refractivity (Wildman–Crippen MR) is 90.0 cm³/mol. The molecule has 0 aromatic rings. The maximum absolute atomic E-state index is 12.2. The summed E-state index contributed by atoms with van der Waals surface area (Å²) in [5.41, 5.74) is 0. The molecule has 6 heteroatoms. The fourth-order valence-electron chi connectivity index (χ4n) is 3.44. The molecule has 0 aromatic carbocycles. The first-order valence-electron chi connectivity index (χ1n) is 8.33. The van der Waals surface area contributed by atoms with Gasteiger partial charge in [0.2, 0.25) is 11.8 Å². The minimum absolute atomic E-state index is 0. The quantitative estimate of drug-likeness (QED) is 0.726. The van der Waals surface area contributed by atoms with Gasteiger partial charge in [-0.15, -0.1) is 12.4 Å². The fourth-order valence-corrected chi connectivity index (χ4v) is 3.44. The Morgan fingerprint density at radius 2 is 1.91 bits per heavy atom. The topological polar surface area (TPSA) is 61.4 Å². The van der Waals surface area contributed by atoms with E-state index in [4.69, 9.17) is 0 Å². The van der Waals surface area contributed by atoms with E-state index in [1.54, 1.807) is 0 Å². The number of carbonyl (C=O) groups excluding carboxylic acids is 2. The number of nitrogens with zero attached hydrogens (tertiary/aromatic N) is 1. The van der Waals surface area contributed by atoms with E-state index in [1.807, 2.05) is 11.9 Å². The van der Waals surface area contributed by atoms with E-state index < -0.39 is 0 Å². The van der Waals surface area contributed by atoms with Gasteiger partial charge in [-0.05, 0) is 51.6 Å². The second-order valence-electron chi connectivity index (χ2n) is 6.61. The van der Waals surface area contributed by atoms with Crippen LogP contribution in [-0.4, -0.2) is 49.4 Å². The Kier molecular flexibility index (Phi) is 8.18. The molecule has 2 aliphatic rings. The SMILES string of the molecule is CNCCCNC(=O)C1CC(=O)N(C2CCC(C)CC2)C1.Cl. The number of nitrogens with one attached hydrogen (secondary N) is 2. The molecule has 22 heavy (non-hydrogen) atoms. The lowest BCUT2D eigenvalue weighted by Crippen LogP contribution is -2.40. The van der Waals surface area contributed by atoms with Crippen LogP contribution in [0, 0.1) is 11.8 Å². The third kappa shape index (κ3) is 5.13. The molecule has 0 spiro atoms. The van der Waals surface area contributed by atoms with E-state index in [0.717, 1.165) is 31.7 Å². The molecular formula is C16H30ClN3O2. The Morgan fingerprint density at radius 3 is 2.55 bits per heavy atom. The molecule has 0 radical (unpaired) electrons. The van der Waals surface area contributed by atoms with Crippen LogP contribution in [0.15, 0.2) is 0 Å². The highest BCUT2D eigenvalue weighted by molar-refractivity contribution is 5.89. The molecule has 1 saturated heterocycles. The van der Waals surface area contributed by atoms with E-state index in [1.165, 1.54) is 12.8 Å². The van der Waals surface area contributed by atoms with Gasteiger partial charge in [0, 0.05) is 25.6 Å². The van der Waals surface area contributed by atoms with Gasteiger partial charge in [0.25, 0.3) is 0 Å². The number of hydrogen-bond acceptors (Lipinski definition) is 3. The van der Waals surface area contributed by atoms with Gasteiger partial charge in [0.15, 0.2) is 0 Å². The number of hydrogen-bond donors (Lipinski definition) is 2. The molecule has 0 aromatic heterocycles. The highest BCUT2D eigenvalue weighted by Gasteiger charge is 2.38. The molecule has 1 saturated carbocycles. The summed E-state index contributed by atoms with van der Waals surface area (Å²) in [7, 11) is 1.90. The number of carbonyl (C=O) groups is 2. The molecule has 5 nitrogen and oxygen atoms in total. The van der Waals surface area contributed by atoms with Crippen molar-refractivity contribution in [3.8, 4) is 0 Å². The van der Waals surface area contributed by atoms with Crippen LogP contribution in [-0.2, 0) is 9.59 Å². The predicted octanol–water partition coefficient (Wildman–Crippen LogP) is 1.56. The van der Waals surface area contributed by atoms with Gasteiger partial charge in [-0.2, -0.15) is 0 Å². The third-order valence-electron chi connectivity index (χ3n) is 4.86. The normalized spacial score (nSPS) is 28.4. The van der Waals surface area contributed by atoms with Crippen LogP contribution >= 0.6 is 12.4 Å². The molecule has 2 amide bonds. The smallest absolute Gasteiger partial charge is 0.225 e. The van der Waals surface area contributed by atoms with Crippen LogP contribution in [0.1, 0.15) is 45.4 Å². The van der Waals surface area contributed by atoms with E-state index >= 15 is 0 Å². The number of halogens is 1. The Balaban J connectivity index is 0.00000242. The van der Waals surface area contributed by atoms with Crippen molar-refractivity contribution in [3.63, 3.8) is 0 Å². The standard InChI is InChI=1S/C16H29N3O2.ClH/c1-12-4-6-14(7-5-12)19-11-13(10-15(19)20)16(21)18-9-3-8-17-2;/h12-14,17H,3-11H2,1-2H3,(H,18,21);1H. The lowest BCUT2D eigenvalue weighted by molar-refractivity contribution is -0.130. The van der Waals surface area contributed by atoms with Crippen LogP contribution in [0.25, 0.3) is 0 Å². The van der Waals surface area contributed by atoms with Crippen molar-refractivity contribution in [2.75, 3.05) is 26.7 Å². The molecule has 1 unspecified atom stereocenters. The van der Waals surface area contributed by atoms with Gasteiger partial charge in [0.05, 0.1) is 5.92 Å². The first-order valence-corrected chi connectivity index (χ1v) is 8.33. The fraction of sp³-hybridized carbons (Fsp3) is 0.875. The van der Waals surface area contributed by atoms with Crippen molar-refractivity contribution in [1.29, 1.82) is 0 Å². The van der Waals surface area contributed by atoms with Gasteiger partial charge >= 0.3 is 0 Å². The van der Waals surface area contributed by atoms with Gasteiger partial charge in [-0.1, -0.05) is 6.92 Å². The average Bonchev–Trinajstić information content (AvgIpc) is 2.86. The molecule has 128 valence electrons. The summed E-state index contributed by atoms with van der Waals surface area (Å²) >= 11 is 0. The molecule has 1 heterocycles. The number of amides is 2. The second-order valence-corrected chi connectivity index (χ2v) is 6.61. The Morgan fingerprint density at radius 1 is 1.23 bits per heavy atom. The minimum Gasteiger partial charge on any atom is -0.356 e. The van der Waals surface area contributed by atoms with E-state index in [9.17, 15) is 9.59 Å². The summed E-state index contributed by atoms with van der Waals surface area (Å²) in [6.07, 6.45) is 5.93. The van der Waals surface area contributed by atoms with E-state index in [-0.39, 0.29) is 30.1 Å². The lowest BCUT2D eigenvalue weighted by Gasteiger charge is -2.33. The molecule has 1 aliphatic heterocycles. The van der Waals surface area contributed by atoms with Crippen molar-refractivity contribution >= 4 is 24.2 Å². The molecule has 1 atom stereocenters. The zero-order valence-electron chi connectivity index (χ0n) is 13.8. The minimum atomic E-state index is -0.147. The van der Waals surface area contributed by atoms with Crippen LogP contribution in [0.3, 0.4) is 0 Å². The van der Waals surface area contributed by atoms with Gasteiger partial charge in [0.1, 0.15) is 0 Å². The molecule has 1 aliphatic carbocycles. The molecule has 0 bridgehead atoms. The van der Waals surface area contributed by atoms with Gasteiger partial charge in [-0.25, -0.2) is 0 Å². The summed E-state index contributed by atoms with van der Waals surface area (Å²) < 4.78 is 0. The third-order valence-corrected chi connectivity index (χ3v) is 4.86. The Hall–Kier alpha value is -0.810. The zero-order valence-corrected chi connectivity index (χ0v) is 14.6. The maximum atomic E-state index is 12.2. The largest absolute Gasteiger partial charge is 0.356 e. The average molecular weight is 332 g/mol. The lowest BCUT2D eigenvalue weighted by atomic mass is 9.87. The molecule has 2 fully saturated rings. The van der Waals surface area contributed by atoms with Crippen molar-refractivity contribution in [2.24, 2.45) is 11.8 Å². The Bertz CT molecular complexity index is 370. The van der Waals surface area contributed by atoms with Crippen molar-refractivity contribution in [3.05, 3.63) is 0 Å². The number of likely N-dealkylation sites (tertiary alicyclic amines) is 1. The zero-order chi connectivity index (χ0) is 15.2. The highest BCUT2D eigenvalue weighted by atomic mass is 35.5. The monoisotopic (exact) mass is 331 g/mol. The van der Waals surface area contributed by atoms with Crippen molar-refractivity contribution in [1.82, 2.24) is 15.5 Å². The van der Waals surface area contributed by atoms with Gasteiger partial charge < -0.3 is 15.5 Å². The summed E-state index contributed by atoms with van der Waals surface area (Å²) in [5.74, 6) is 0.854. The van der Waals surface area contributed by atoms with E-state index in [0.29, 0.717) is 25.6 Å². The second kappa shape index (κ2) is 9.36.